The first kappa shape index (κ1) is 10.4. The number of hydrogen-bond acceptors (Lipinski definition) is 4. The number of fused-ring (bicyclic) bond motifs is 1. The lowest BCUT2D eigenvalue weighted by Crippen LogP contribution is -2.04. The first-order valence-corrected chi connectivity index (χ1v) is 4.81. The molecule has 2 N–H and O–H groups in total. The molecule has 0 aliphatic heterocycles. The Morgan fingerprint density at radius 3 is 2.75 bits per heavy atom. The van der Waals surface area contributed by atoms with Gasteiger partial charge >= 0.3 is 5.97 Å². The van der Waals surface area contributed by atoms with Gasteiger partial charge in [-0.25, -0.2) is 9.48 Å². The van der Waals surface area contributed by atoms with E-state index in [9.17, 15) is 9.90 Å². The predicted molar refractivity (Wildman–Crippen MR) is 56.5 cm³/mol. The summed E-state index contributed by atoms with van der Waals surface area (Å²) in [6.07, 6.45) is 1.45. The van der Waals surface area contributed by atoms with Crippen LogP contribution in [-0.4, -0.2) is 30.9 Å². The Morgan fingerprint density at radius 2 is 2.19 bits per heavy atom. The van der Waals surface area contributed by atoms with Crippen molar-refractivity contribution in [3.63, 3.8) is 0 Å². The summed E-state index contributed by atoms with van der Waals surface area (Å²) in [6.45, 7) is 3.80. The first-order chi connectivity index (χ1) is 7.50. The lowest BCUT2D eigenvalue weighted by atomic mass is 10.2. The fourth-order valence-electron chi connectivity index (χ4n) is 1.56. The van der Waals surface area contributed by atoms with Gasteiger partial charge in [-0.05, 0) is 13.8 Å². The first-order valence-electron chi connectivity index (χ1n) is 4.81. The van der Waals surface area contributed by atoms with Crippen LogP contribution in [0.4, 0.5) is 0 Å². The molecule has 0 bridgehead atoms. The minimum absolute atomic E-state index is 0.00870. The van der Waals surface area contributed by atoms with E-state index in [1.165, 1.54) is 6.20 Å². The number of pyridine rings is 1. The van der Waals surface area contributed by atoms with E-state index in [0.29, 0.717) is 11.0 Å². The molecule has 6 nitrogen and oxygen atoms in total. The van der Waals surface area contributed by atoms with Gasteiger partial charge in [0.05, 0.1) is 17.1 Å². The van der Waals surface area contributed by atoms with Crippen LogP contribution in [-0.2, 0) is 0 Å². The summed E-state index contributed by atoms with van der Waals surface area (Å²) >= 11 is 0. The molecule has 84 valence electrons. The number of nitrogens with zero attached hydrogens (tertiary/aromatic N) is 3. The minimum atomic E-state index is -1.11. The highest BCUT2D eigenvalue weighted by Crippen LogP contribution is 2.23. The zero-order chi connectivity index (χ0) is 11.9. The van der Waals surface area contributed by atoms with E-state index in [4.69, 9.17) is 5.11 Å². The topological polar surface area (TPSA) is 88.2 Å². The summed E-state index contributed by atoms with van der Waals surface area (Å²) in [5.41, 5.74) is 0.391. The fraction of sp³-hybridized carbons (Fsp3) is 0.300. The second kappa shape index (κ2) is 3.48. The molecule has 0 spiro atoms. The number of aromatic nitrogens is 3. The van der Waals surface area contributed by atoms with Gasteiger partial charge in [-0.3, -0.25) is 0 Å². The minimum Gasteiger partial charge on any atom is -0.493 e. The van der Waals surface area contributed by atoms with Crippen LogP contribution in [0.3, 0.4) is 0 Å². The molecule has 0 saturated heterocycles. The molecular formula is C10H11N3O3. The van der Waals surface area contributed by atoms with Crippen LogP contribution in [0, 0.1) is 0 Å². The van der Waals surface area contributed by atoms with Crippen molar-refractivity contribution in [2.24, 2.45) is 0 Å². The maximum absolute atomic E-state index is 11.0. The Kier molecular flexibility index (Phi) is 2.26. The van der Waals surface area contributed by atoms with Gasteiger partial charge in [0, 0.05) is 12.1 Å². The SMILES string of the molecule is CC(C)n1ncc2c(C(=O)O)cc(O)nc21. The van der Waals surface area contributed by atoms with Gasteiger partial charge in [-0.15, -0.1) is 0 Å². The maximum Gasteiger partial charge on any atom is 0.336 e. The third kappa shape index (κ3) is 1.48. The Labute approximate surface area is 91.1 Å². The normalized spacial score (nSPS) is 11.2. The summed E-state index contributed by atoms with van der Waals surface area (Å²) in [6, 6.07) is 1.17. The van der Waals surface area contributed by atoms with E-state index < -0.39 is 5.97 Å². The number of carbonyl (C=O) groups is 1. The second-order valence-corrected chi connectivity index (χ2v) is 3.75. The second-order valence-electron chi connectivity index (χ2n) is 3.75. The molecule has 0 aliphatic carbocycles. The number of aromatic hydroxyl groups is 1. The number of rotatable bonds is 2. The quantitative estimate of drug-likeness (QED) is 0.800. The van der Waals surface area contributed by atoms with Crippen LogP contribution in [0.15, 0.2) is 12.3 Å². The molecular weight excluding hydrogens is 210 g/mol. The number of carboxylic acids is 1. The monoisotopic (exact) mass is 221 g/mol. The van der Waals surface area contributed by atoms with E-state index >= 15 is 0 Å². The van der Waals surface area contributed by atoms with Crippen molar-refractivity contribution in [2.75, 3.05) is 0 Å². The maximum atomic E-state index is 11.0. The summed E-state index contributed by atoms with van der Waals surface area (Å²) < 4.78 is 1.57. The molecule has 6 heteroatoms. The van der Waals surface area contributed by atoms with Crippen molar-refractivity contribution in [3.05, 3.63) is 17.8 Å². The van der Waals surface area contributed by atoms with Crippen molar-refractivity contribution < 1.29 is 15.0 Å². The van der Waals surface area contributed by atoms with Gasteiger partial charge in [0.25, 0.3) is 0 Å². The van der Waals surface area contributed by atoms with Gasteiger partial charge in [-0.2, -0.15) is 10.1 Å². The fourth-order valence-corrected chi connectivity index (χ4v) is 1.56. The number of hydrogen-bond donors (Lipinski definition) is 2. The van der Waals surface area contributed by atoms with E-state index in [0.717, 1.165) is 6.07 Å². The highest BCUT2D eigenvalue weighted by molar-refractivity contribution is 6.01. The average molecular weight is 221 g/mol. The van der Waals surface area contributed by atoms with Crippen molar-refractivity contribution in [1.29, 1.82) is 0 Å². The highest BCUT2D eigenvalue weighted by Gasteiger charge is 2.16. The van der Waals surface area contributed by atoms with E-state index in [2.05, 4.69) is 10.1 Å². The molecule has 0 amide bonds. The van der Waals surface area contributed by atoms with E-state index in [-0.39, 0.29) is 17.5 Å². The molecule has 2 aromatic heterocycles. The van der Waals surface area contributed by atoms with Crippen LogP contribution in [0.2, 0.25) is 0 Å². The van der Waals surface area contributed by atoms with Crippen LogP contribution in [0.5, 0.6) is 5.88 Å². The highest BCUT2D eigenvalue weighted by atomic mass is 16.4. The Bertz CT molecular complexity index is 560. The molecule has 0 radical (unpaired) electrons. The summed E-state index contributed by atoms with van der Waals surface area (Å²) in [7, 11) is 0. The molecule has 2 aromatic rings. The molecule has 0 unspecified atom stereocenters. The van der Waals surface area contributed by atoms with Crippen LogP contribution >= 0.6 is 0 Å². The Morgan fingerprint density at radius 1 is 1.50 bits per heavy atom. The van der Waals surface area contributed by atoms with E-state index in [1.807, 2.05) is 13.8 Å². The zero-order valence-electron chi connectivity index (χ0n) is 8.88. The van der Waals surface area contributed by atoms with Gasteiger partial charge in [-0.1, -0.05) is 0 Å². The third-order valence-corrected chi connectivity index (χ3v) is 2.27. The van der Waals surface area contributed by atoms with Crippen LogP contribution in [0.1, 0.15) is 30.2 Å². The van der Waals surface area contributed by atoms with Crippen LogP contribution < -0.4 is 0 Å². The van der Waals surface area contributed by atoms with Crippen molar-refractivity contribution in [1.82, 2.24) is 14.8 Å². The molecule has 2 heterocycles. The average Bonchev–Trinajstić information content (AvgIpc) is 2.59. The van der Waals surface area contributed by atoms with E-state index in [1.54, 1.807) is 4.68 Å². The molecule has 0 saturated carbocycles. The molecule has 0 aromatic carbocycles. The van der Waals surface area contributed by atoms with Crippen molar-refractivity contribution in [3.8, 4) is 5.88 Å². The summed E-state index contributed by atoms with van der Waals surface area (Å²) in [5.74, 6) is -1.42. The molecule has 0 fully saturated rings. The Hall–Kier alpha value is -2.11. The summed E-state index contributed by atoms with van der Waals surface area (Å²) in [5, 5.41) is 22.8. The standard InChI is InChI=1S/C10H11N3O3/c1-5(2)13-9-7(4-11-13)6(10(15)16)3-8(14)12-9/h3-5H,1-2H3,(H,12,14)(H,15,16). The lowest BCUT2D eigenvalue weighted by Gasteiger charge is -2.06. The zero-order valence-corrected chi connectivity index (χ0v) is 8.88. The van der Waals surface area contributed by atoms with Crippen molar-refractivity contribution in [2.45, 2.75) is 19.9 Å². The molecule has 0 atom stereocenters. The number of aromatic carboxylic acids is 1. The van der Waals surface area contributed by atoms with Crippen LogP contribution in [0.25, 0.3) is 11.0 Å². The third-order valence-electron chi connectivity index (χ3n) is 2.27. The molecule has 0 aliphatic rings. The van der Waals surface area contributed by atoms with Gasteiger partial charge in [0.1, 0.15) is 0 Å². The summed E-state index contributed by atoms with van der Waals surface area (Å²) in [4.78, 5) is 14.9. The largest absolute Gasteiger partial charge is 0.493 e. The molecule has 16 heavy (non-hydrogen) atoms. The van der Waals surface area contributed by atoms with Crippen molar-refractivity contribution >= 4 is 17.0 Å². The Balaban J connectivity index is 2.81. The van der Waals surface area contributed by atoms with Gasteiger partial charge in [0.15, 0.2) is 5.65 Å². The van der Waals surface area contributed by atoms with Gasteiger partial charge < -0.3 is 10.2 Å². The smallest absolute Gasteiger partial charge is 0.336 e. The predicted octanol–water partition coefficient (Wildman–Crippen LogP) is 1.42. The van der Waals surface area contributed by atoms with Gasteiger partial charge in [0.2, 0.25) is 5.88 Å². The number of carboxylic acid groups (broad SMARTS) is 1. The lowest BCUT2D eigenvalue weighted by molar-refractivity contribution is 0.0698. The molecule has 2 rings (SSSR count).